The number of benzene rings is 2. The Bertz CT molecular complexity index is 865. The summed E-state index contributed by atoms with van der Waals surface area (Å²) in [6, 6.07) is 13.0. The van der Waals surface area contributed by atoms with Crippen molar-refractivity contribution in [2.45, 2.75) is 13.0 Å². The van der Waals surface area contributed by atoms with Crippen LogP contribution in [-0.2, 0) is 4.79 Å². The Morgan fingerprint density at radius 3 is 2.52 bits per heavy atom. The lowest BCUT2D eigenvalue weighted by Crippen LogP contribution is -2.45. The first kappa shape index (κ1) is 16.8. The Hall–Kier alpha value is -3.06. The minimum absolute atomic E-state index is 0.226. The van der Waals surface area contributed by atoms with Crippen molar-refractivity contribution in [3.05, 3.63) is 65.4 Å². The van der Waals surface area contributed by atoms with Gasteiger partial charge in [0.15, 0.2) is 16.6 Å². The molecule has 1 amide bonds. The fourth-order valence-electron chi connectivity index (χ4n) is 2.68. The maximum Gasteiger partial charge on any atom is 0.255 e. The second-order valence-electron chi connectivity index (χ2n) is 5.64. The molecular weight excluding hydrogens is 338 g/mol. The van der Waals surface area contributed by atoms with E-state index in [1.807, 2.05) is 18.2 Å². The number of aromatic hydroxyl groups is 2. The van der Waals surface area contributed by atoms with Crippen LogP contribution in [0.5, 0.6) is 11.5 Å². The van der Waals surface area contributed by atoms with Gasteiger partial charge in [-0.15, -0.1) is 0 Å². The number of rotatable bonds is 3. The number of amides is 1. The molecule has 0 fully saturated rings. The van der Waals surface area contributed by atoms with Gasteiger partial charge < -0.3 is 26.2 Å². The fourth-order valence-corrected chi connectivity index (χ4v) is 2.96. The summed E-state index contributed by atoms with van der Waals surface area (Å²) < 4.78 is 0. The predicted molar refractivity (Wildman–Crippen MR) is 99.2 cm³/mol. The molecule has 1 unspecified atom stereocenters. The summed E-state index contributed by atoms with van der Waals surface area (Å²) in [5, 5.41) is 28.5. The third-order valence-electron chi connectivity index (χ3n) is 3.88. The van der Waals surface area contributed by atoms with Crippen molar-refractivity contribution in [2.24, 2.45) is 0 Å². The van der Waals surface area contributed by atoms with Crippen LogP contribution in [0.2, 0.25) is 0 Å². The third kappa shape index (κ3) is 3.56. The van der Waals surface area contributed by atoms with E-state index < -0.39 is 6.04 Å². The number of thiocarbonyl (C=S) groups is 1. The van der Waals surface area contributed by atoms with E-state index in [9.17, 15) is 15.0 Å². The van der Waals surface area contributed by atoms with Gasteiger partial charge in [0.25, 0.3) is 5.91 Å². The van der Waals surface area contributed by atoms with E-state index in [2.05, 4.69) is 16.0 Å². The maximum absolute atomic E-state index is 12.8. The molecule has 1 aliphatic heterocycles. The third-order valence-corrected chi connectivity index (χ3v) is 4.10. The summed E-state index contributed by atoms with van der Waals surface area (Å²) in [4.78, 5) is 12.8. The lowest BCUT2D eigenvalue weighted by atomic mass is 9.94. The lowest BCUT2D eigenvalue weighted by molar-refractivity contribution is -0.113. The highest BCUT2D eigenvalue weighted by Crippen LogP contribution is 2.33. The summed E-state index contributed by atoms with van der Waals surface area (Å²) in [5.41, 5.74) is 2.35. The van der Waals surface area contributed by atoms with Gasteiger partial charge in [0.1, 0.15) is 0 Å². The van der Waals surface area contributed by atoms with Crippen LogP contribution in [0.3, 0.4) is 0 Å². The summed E-state index contributed by atoms with van der Waals surface area (Å²) in [5.74, 6) is -0.774. The number of carbonyl (C=O) groups excluding carboxylic acids is 1. The van der Waals surface area contributed by atoms with Crippen molar-refractivity contribution in [1.82, 2.24) is 10.6 Å². The van der Waals surface area contributed by atoms with Crippen molar-refractivity contribution in [1.29, 1.82) is 0 Å². The van der Waals surface area contributed by atoms with Crippen LogP contribution in [0.25, 0.3) is 0 Å². The van der Waals surface area contributed by atoms with Crippen LogP contribution in [-0.4, -0.2) is 21.2 Å². The van der Waals surface area contributed by atoms with Gasteiger partial charge in [-0.3, -0.25) is 4.79 Å². The van der Waals surface area contributed by atoms with Crippen LogP contribution in [0, 0.1) is 0 Å². The van der Waals surface area contributed by atoms with Crippen LogP contribution >= 0.6 is 12.2 Å². The molecule has 0 spiro atoms. The lowest BCUT2D eigenvalue weighted by Gasteiger charge is -2.30. The number of hydrogen-bond donors (Lipinski definition) is 5. The molecule has 2 aromatic rings. The normalized spacial score (nSPS) is 16.8. The van der Waals surface area contributed by atoms with Gasteiger partial charge in [0, 0.05) is 11.4 Å². The molecule has 128 valence electrons. The number of hydrogen-bond acceptors (Lipinski definition) is 4. The first-order valence-corrected chi connectivity index (χ1v) is 8.03. The van der Waals surface area contributed by atoms with Crippen LogP contribution in [0.1, 0.15) is 18.5 Å². The Kier molecular flexibility index (Phi) is 4.58. The Morgan fingerprint density at radius 2 is 1.84 bits per heavy atom. The van der Waals surface area contributed by atoms with E-state index in [1.165, 1.54) is 12.1 Å². The quantitative estimate of drug-likeness (QED) is 0.429. The molecule has 7 heteroatoms. The van der Waals surface area contributed by atoms with Gasteiger partial charge in [0.2, 0.25) is 0 Å². The molecule has 1 atom stereocenters. The number of phenolic OH excluding ortho intramolecular Hbond substituents is 2. The molecule has 1 heterocycles. The van der Waals surface area contributed by atoms with Crippen molar-refractivity contribution < 1.29 is 15.0 Å². The zero-order chi connectivity index (χ0) is 18.0. The number of para-hydroxylation sites is 1. The average molecular weight is 355 g/mol. The highest BCUT2D eigenvalue weighted by Gasteiger charge is 2.30. The SMILES string of the molecule is CC1=C(C(=O)Nc2ccccc2)C(c2ccc(O)c(O)c2)NC(=S)N1. The Balaban J connectivity index is 1.97. The highest BCUT2D eigenvalue weighted by molar-refractivity contribution is 7.80. The molecule has 0 aromatic heterocycles. The van der Waals surface area contributed by atoms with E-state index in [1.54, 1.807) is 25.1 Å². The van der Waals surface area contributed by atoms with Crippen molar-refractivity contribution in [3.63, 3.8) is 0 Å². The maximum atomic E-state index is 12.8. The molecule has 0 bridgehead atoms. The van der Waals surface area contributed by atoms with E-state index >= 15 is 0 Å². The van der Waals surface area contributed by atoms with Crippen molar-refractivity contribution >= 4 is 28.9 Å². The van der Waals surface area contributed by atoms with E-state index in [4.69, 9.17) is 12.2 Å². The molecule has 3 rings (SSSR count). The molecule has 2 aromatic carbocycles. The molecule has 6 nitrogen and oxygen atoms in total. The van der Waals surface area contributed by atoms with Crippen LogP contribution in [0.4, 0.5) is 5.69 Å². The van der Waals surface area contributed by atoms with Crippen molar-refractivity contribution in [2.75, 3.05) is 5.32 Å². The van der Waals surface area contributed by atoms with Crippen LogP contribution in [0.15, 0.2) is 59.8 Å². The predicted octanol–water partition coefficient (Wildman–Crippen LogP) is 2.53. The molecule has 0 radical (unpaired) electrons. The molecule has 0 saturated carbocycles. The molecule has 0 aliphatic carbocycles. The number of anilines is 1. The molecule has 25 heavy (non-hydrogen) atoms. The standard InChI is InChI=1S/C18H17N3O3S/c1-10-15(17(24)20-12-5-3-2-4-6-12)16(21-18(25)19-10)11-7-8-13(22)14(23)9-11/h2-9,16,22-23H,1H3,(H,20,24)(H2,19,21,25). The summed E-state index contributed by atoms with van der Waals surface area (Å²) in [7, 11) is 0. The van der Waals surface area contributed by atoms with Gasteiger partial charge in [0.05, 0.1) is 11.6 Å². The smallest absolute Gasteiger partial charge is 0.255 e. The van der Waals surface area contributed by atoms with Gasteiger partial charge in [-0.25, -0.2) is 0 Å². The zero-order valence-corrected chi connectivity index (χ0v) is 14.2. The number of nitrogens with one attached hydrogen (secondary N) is 3. The van der Waals surface area contributed by atoms with Crippen molar-refractivity contribution in [3.8, 4) is 11.5 Å². The second-order valence-corrected chi connectivity index (χ2v) is 6.05. The molecule has 1 aliphatic rings. The number of allylic oxidation sites excluding steroid dienone is 1. The van der Waals surface area contributed by atoms with Gasteiger partial charge in [-0.1, -0.05) is 24.3 Å². The zero-order valence-electron chi connectivity index (χ0n) is 13.4. The van der Waals surface area contributed by atoms with Gasteiger partial charge in [-0.05, 0) is 49.0 Å². The van der Waals surface area contributed by atoms with E-state index in [0.717, 1.165) is 0 Å². The number of carbonyl (C=O) groups is 1. The highest BCUT2D eigenvalue weighted by atomic mass is 32.1. The van der Waals surface area contributed by atoms with Gasteiger partial charge >= 0.3 is 0 Å². The van der Waals surface area contributed by atoms with Crippen LogP contribution < -0.4 is 16.0 Å². The fraction of sp³-hybridized carbons (Fsp3) is 0.111. The largest absolute Gasteiger partial charge is 0.504 e. The van der Waals surface area contributed by atoms with E-state index in [-0.39, 0.29) is 17.4 Å². The first-order chi connectivity index (χ1) is 12.0. The summed E-state index contributed by atoms with van der Waals surface area (Å²) >= 11 is 5.19. The monoisotopic (exact) mass is 355 g/mol. The summed E-state index contributed by atoms with van der Waals surface area (Å²) in [6.45, 7) is 1.76. The Labute approximate surface area is 150 Å². The first-order valence-electron chi connectivity index (χ1n) is 7.62. The minimum atomic E-state index is -0.552. The molecule has 5 N–H and O–H groups in total. The van der Waals surface area contributed by atoms with Gasteiger partial charge in [-0.2, -0.15) is 0 Å². The topological polar surface area (TPSA) is 93.6 Å². The molecule has 0 saturated heterocycles. The second kappa shape index (κ2) is 6.82. The Morgan fingerprint density at radius 1 is 1.12 bits per heavy atom. The van der Waals surface area contributed by atoms with E-state index in [0.29, 0.717) is 27.6 Å². The minimum Gasteiger partial charge on any atom is -0.504 e. The average Bonchev–Trinajstić information content (AvgIpc) is 2.57. The number of phenols is 2. The summed E-state index contributed by atoms with van der Waals surface area (Å²) in [6.07, 6.45) is 0. The molecular formula is C18H17N3O3S.